The van der Waals surface area contributed by atoms with Crippen molar-refractivity contribution >= 4 is 24.3 Å². The fourth-order valence-electron chi connectivity index (χ4n) is 1.55. The van der Waals surface area contributed by atoms with Crippen molar-refractivity contribution in [3.05, 3.63) is 0 Å². The maximum Gasteiger partial charge on any atom is 0.220 e. The zero-order valence-corrected chi connectivity index (χ0v) is 8.17. The van der Waals surface area contributed by atoms with E-state index in [0.717, 1.165) is 0 Å². The Labute approximate surface area is 77.5 Å². The molecule has 3 nitrogen and oxygen atoms in total. The van der Waals surface area contributed by atoms with Crippen LogP contribution < -0.4 is 0 Å². The lowest BCUT2D eigenvalue weighted by Crippen LogP contribution is -2.38. The summed E-state index contributed by atoms with van der Waals surface area (Å²) in [5.74, 6) is 0.0218. The van der Waals surface area contributed by atoms with E-state index in [-0.39, 0.29) is 23.0 Å². The lowest BCUT2D eigenvalue weighted by molar-refractivity contribution is -0.135. The molecule has 0 aliphatic carbocycles. The highest BCUT2D eigenvalue weighted by Gasteiger charge is 2.34. The third-order valence-corrected chi connectivity index (χ3v) is 2.53. The van der Waals surface area contributed by atoms with E-state index >= 15 is 0 Å². The Bertz CT molecular complexity index is 195. The Morgan fingerprint density at radius 1 is 1.42 bits per heavy atom. The van der Waals surface area contributed by atoms with Gasteiger partial charge in [-0.3, -0.25) is 9.59 Å². The Kier molecular flexibility index (Phi) is 2.77. The van der Waals surface area contributed by atoms with Crippen LogP contribution >= 0.6 is 12.6 Å². The number of likely N-dealkylation sites (tertiary alicyclic amines) is 1. The summed E-state index contributed by atoms with van der Waals surface area (Å²) in [5.41, 5.74) is 0. The first-order valence-electron chi connectivity index (χ1n) is 3.98. The van der Waals surface area contributed by atoms with E-state index < -0.39 is 0 Å². The van der Waals surface area contributed by atoms with Gasteiger partial charge in [0, 0.05) is 18.7 Å². The first-order valence-corrected chi connectivity index (χ1v) is 4.49. The van der Waals surface area contributed by atoms with Crippen molar-refractivity contribution < 1.29 is 9.59 Å². The van der Waals surface area contributed by atoms with Crippen LogP contribution in [0, 0.1) is 0 Å². The van der Waals surface area contributed by atoms with Crippen molar-refractivity contribution in [1.82, 2.24) is 4.90 Å². The highest BCUT2D eigenvalue weighted by atomic mass is 32.1. The van der Waals surface area contributed by atoms with Crippen LogP contribution in [-0.2, 0) is 9.59 Å². The summed E-state index contributed by atoms with van der Waals surface area (Å²) in [6, 6.07) is -0.231. The molecule has 68 valence electrons. The van der Waals surface area contributed by atoms with Crippen LogP contribution in [-0.4, -0.2) is 34.4 Å². The van der Waals surface area contributed by atoms with Crippen molar-refractivity contribution in [1.29, 1.82) is 0 Å². The minimum atomic E-state index is -0.231. The van der Waals surface area contributed by atoms with Crippen molar-refractivity contribution in [3.8, 4) is 0 Å². The summed E-state index contributed by atoms with van der Waals surface area (Å²) in [6.45, 7) is 3.61. The number of nitrogens with zero attached hydrogens (tertiary/aromatic N) is 1. The highest BCUT2D eigenvalue weighted by Crippen LogP contribution is 2.22. The van der Waals surface area contributed by atoms with Gasteiger partial charge in [-0.1, -0.05) is 0 Å². The lowest BCUT2D eigenvalue weighted by atomic mass is 10.1. The quantitative estimate of drug-likeness (QED) is 0.607. The number of Topliss-reactive ketones (excluding diaryl/α,β-unsaturated/α-hetero) is 1. The third kappa shape index (κ3) is 1.80. The predicted molar refractivity (Wildman–Crippen MR) is 49.2 cm³/mol. The Morgan fingerprint density at radius 2 is 2.00 bits per heavy atom. The number of carbonyl (C=O) groups excluding carboxylic acids is 2. The van der Waals surface area contributed by atoms with Gasteiger partial charge in [0.1, 0.15) is 0 Å². The van der Waals surface area contributed by atoms with Crippen LogP contribution in [0.1, 0.15) is 20.3 Å². The van der Waals surface area contributed by atoms with E-state index in [9.17, 15) is 9.59 Å². The molecule has 1 amide bonds. The van der Waals surface area contributed by atoms with Crippen molar-refractivity contribution in [3.63, 3.8) is 0 Å². The zero-order chi connectivity index (χ0) is 9.30. The van der Waals surface area contributed by atoms with Gasteiger partial charge in [0.05, 0.1) is 6.04 Å². The number of carbonyl (C=O) groups is 2. The van der Waals surface area contributed by atoms with Crippen LogP contribution in [0.4, 0.5) is 0 Å². The van der Waals surface area contributed by atoms with Gasteiger partial charge >= 0.3 is 0 Å². The first-order chi connectivity index (χ1) is 5.52. The van der Waals surface area contributed by atoms with Gasteiger partial charge in [-0.25, -0.2) is 0 Å². The summed E-state index contributed by atoms with van der Waals surface area (Å²) in [5, 5.41) is 0.155. The maximum atomic E-state index is 11.1. The van der Waals surface area contributed by atoms with E-state index in [1.165, 1.54) is 13.8 Å². The second-order valence-corrected chi connectivity index (χ2v) is 3.92. The van der Waals surface area contributed by atoms with Crippen molar-refractivity contribution in [2.24, 2.45) is 0 Å². The monoisotopic (exact) mass is 187 g/mol. The molecule has 0 radical (unpaired) electrons. The zero-order valence-electron chi connectivity index (χ0n) is 7.28. The van der Waals surface area contributed by atoms with E-state index in [2.05, 4.69) is 12.6 Å². The molecule has 2 atom stereocenters. The molecule has 12 heavy (non-hydrogen) atoms. The summed E-state index contributed by atoms with van der Waals surface area (Å²) >= 11 is 4.25. The van der Waals surface area contributed by atoms with Crippen LogP contribution in [0.15, 0.2) is 0 Å². The highest BCUT2D eigenvalue weighted by molar-refractivity contribution is 7.81. The molecule has 0 N–H and O–H groups in total. The number of hydrogen-bond acceptors (Lipinski definition) is 3. The van der Waals surface area contributed by atoms with E-state index in [4.69, 9.17) is 0 Å². The molecule has 1 heterocycles. The number of amides is 1. The molecule has 1 fully saturated rings. The molecule has 1 aliphatic rings. The second kappa shape index (κ2) is 3.47. The molecule has 0 spiro atoms. The molecular weight excluding hydrogens is 174 g/mol. The number of ketones is 1. The van der Waals surface area contributed by atoms with Gasteiger partial charge < -0.3 is 4.90 Å². The third-order valence-electron chi connectivity index (χ3n) is 2.15. The number of thiol groups is 1. The molecule has 1 rings (SSSR count). The molecule has 2 unspecified atom stereocenters. The summed E-state index contributed by atoms with van der Waals surface area (Å²) in [7, 11) is 0. The molecule has 1 saturated heterocycles. The van der Waals surface area contributed by atoms with Crippen LogP contribution in [0.2, 0.25) is 0 Å². The van der Waals surface area contributed by atoms with Crippen LogP contribution in [0.3, 0.4) is 0 Å². The second-order valence-electron chi connectivity index (χ2n) is 3.19. The van der Waals surface area contributed by atoms with Gasteiger partial charge in [0.15, 0.2) is 5.78 Å². The van der Waals surface area contributed by atoms with E-state index in [1.54, 1.807) is 4.90 Å². The predicted octanol–water partition coefficient (Wildman–Crippen LogP) is 0.495. The van der Waals surface area contributed by atoms with Crippen molar-refractivity contribution in [2.75, 3.05) is 6.54 Å². The van der Waals surface area contributed by atoms with Crippen LogP contribution in [0.5, 0.6) is 0 Å². The van der Waals surface area contributed by atoms with Crippen molar-refractivity contribution in [2.45, 2.75) is 31.6 Å². The number of rotatable bonds is 1. The average molecular weight is 187 g/mol. The fraction of sp³-hybridized carbons (Fsp3) is 0.750. The standard InChI is InChI=1S/C8H13NO2S/c1-5(10)8-3-7(12)4-9(8)6(2)11/h7-8,12H,3-4H2,1-2H3. The molecule has 0 aromatic rings. The minimum Gasteiger partial charge on any atom is -0.332 e. The molecule has 0 saturated carbocycles. The number of hydrogen-bond donors (Lipinski definition) is 1. The minimum absolute atomic E-state index is 0.0354. The van der Waals surface area contributed by atoms with Gasteiger partial charge in [-0.05, 0) is 13.3 Å². The lowest BCUT2D eigenvalue weighted by Gasteiger charge is -2.20. The molecule has 4 heteroatoms. The average Bonchev–Trinajstić information content (AvgIpc) is 2.31. The summed E-state index contributed by atoms with van der Waals surface area (Å²) in [6.07, 6.45) is 0.692. The molecule has 1 aliphatic heterocycles. The molecule has 0 aromatic carbocycles. The van der Waals surface area contributed by atoms with E-state index in [1.807, 2.05) is 0 Å². The smallest absolute Gasteiger partial charge is 0.220 e. The fourth-order valence-corrected chi connectivity index (χ4v) is 1.92. The topological polar surface area (TPSA) is 37.4 Å². The van der Waals surface area contributed by atoms with Gasteiger partial charge in [-0.2, -0.15) is 12.6 Å². The van der Waals surface area contributed by atoms with Gasteiger partial charge in [-0.15, -0.1) is 0 Å². The molecule has 0 aromatic heterocycles. The van der Waals surface area contributed by atoms with E-state index in [0.29, 0.717) is 13.0 Å². The molecular formula is C8H13NO2S. The van der Waals surface area contributed by atoms with Crippen LogP contribution in [0.25, 0.3) is 0 Å². The van der Waals surface area contributed by atoms with Gasteiger partial charge in [0.25, 0.3) is 0 Å². The Morgan fingerprint density at radius 3 is 2.33 bits per heavy atom. The summed E-state index contributed by atoms with van der Waals surface area (Å²) < 4.78 is 0. The Balaban J connectivity index is 2.72. The summed E-state index contributed by atoms with van der Waals surface area (Å²) in [4.78, 5) is 23.7. The Hall–Kier alpha value is -0.510. The SMILES string of the molecule is CC(=O)C1CC(S)CN1C(C)=O. The molecule has 0 bridgehead atoms. The normalized spacial score (nSPS) is 29.1. The van der Waals surface area contributed by atoms with Gasteiger partial charge in [0.2, 0.25) is 5.91 Å². The maximum absolute atomic E-state index is 11.1. The first kappa shape index (κ1) is 9.58. The largest absolute Gasteiger partial charge is 0.332 e.